The third-order valence-corrected chi connectivity index (χ3v) is 9.07. The number of Topliss-reactive ketones (excluding diaryl/α,β-unsaturated/α-hetero) is 1. The van der Waals surface area contributed by atoms with Gasteiger partial charge in [-0.2, -0.15) is 0 Å². The van der Waals surface area contributed by atoms with Crippen molar-refractivity contribution in [2.24, 2.45) is 34.8 Å². The van der Waals surface area contributed by atoms with Crippen LogP contribution in [0, 0.1) is 29.1 Å². The lowest BCUT2D eigenvalue weighted by Gasteiger charge is -2.50. The average Bonchev–Trinajstić information content (AvgIpc) is 3.17. The summed E-state index contributed by atoms with van der Waals surface area (Å²) in [6.07, 6.45) is 3.96. The summed E-state index contributed by atoms with van der Waals surface area (Å²) in [7, 11) is 0. The maximum Gasteiger partial charge on any atom is 0.322 e. The lowest BCUT2D eigenvalue weighted by molar-refractivity contribution is -0.186. The molecule has 4 aliphatic rings. The van der Waals surface area contributed by atoms with Gasteiger partial charge < -0.3 is 35.3 Å². The number of hydrogen-bond acceptors (Lipinski definition) is 9. The summed E-state index contributed by atoms with van der Waals surface area (Å²) in [6, 6.07) is -1.18. The second kappa shape index (κ2) is 8.73. The molecule has 0 spiro atoms. The Hall–Kier alpha value is -2.11. The maximum atomic E-state index is 13.2. The number of fused-ring (bicyclic) bond motifs is 5. The molecule has 36 heavy (non-hydrogen) atoms. The number of aliphatic hydroxyl groups is 2. The van der Waals surface area contributed by atoms with Crippen LogP contribution in [-0.4, -0.2) is 75.9 Å². The molecule has 0 amide bonds. The molecule has 0 heterocycles. The highest BCUT2D eigenvalue weighted by Crippen LogP contribution is 2.76. The van der Waals surface area contributed by atoms with Crippen molar-refractivity contribution >= 4 is 17.7 Å². The molecule has 0 aromatic carbocycles. The van der Waals surface area contributed by atoms with Gasteiger partial charge in [0.15, 0.2) is 5.78 Å². The number of carbonyl (C=O) groups excluding carboxylic acids is 2. The molecule has 0 aliphatic heterocycles. The van der Waals surface area contributed by atoms with Gasteiger partial charge in [0.05, 0.1) is 18.8 Å². The van der Waals surface area contributed by atoms with E-state index < -0.39 is 51.8 Å². The third kappa shape index (κ3) is 3.77. The van der Waals surface area contributed by atoms with Crippen LogP contribution in [0.1, 0.15) is 47.5 Å². The van der Waals surface area contributed by atoms with Crippen molar-refractivity contribution in [3.8, 4) is 0 Å². The number of carboxylic acids is 1. The van der Waals surface area contributed by atoms with Gasteiger partial charge in [0.2, 0.25) is 0 Å². The average molecular weight is 508 g/mol. The van der Waals surface area contributed by atoms with Crippen molar-refractivity contribution in [3.63, 3.8) is 0 Å². The molecule has 0 aromatic heterocycles. The highest BCUT2D eigenvalue weighted by molar-refractivity contribution is 6.04. The zero-order chi connectivity index (χ0) is 26.8. The molecule has 2 saturated carbocycles. The predicted molar refractivity (Wildman–Crippen MR) is 126 cm³/mol. The van der Waals surface area contributed by atoms with Crippen LogP contribution in [0.4, 0.5) is 0 Å². The minimum absolute atomic E-state index is 0.00164. The van der Waals surface area contributed by atoms with Crippen LogP contribution < -0.4 is 5.73 Å². The monoisotopic (exact) mass is 507 g/mol. The van der Waals surface area contributed by atoms with Crippen LogP contribution in [0.15, 0.2) is 23.3 Å². The second-order valence-corrected chi connectivity index (χ2v) is 11.6. The number of ketones is 1. The Kier molecular flexibility index (Phi) is 6.53. The van der Waals surface area contributed by atoms with Gasteiger partial charge in [0, 0.05) is 36.5 Å². The van der Waals surface area contributed by atoms with Gasteiger partial charge >= 0.3 is 11.9 Å². The normalized spacial score (nSPS) is 41.2. The van der Waals surface area contributed by atoms with E-state index in [1.165, 1.54) is 6.92 Å². The van der Waals surface area contributed by atoms with Gasteiger partial charge in [-0.25, -0.2) is 0 Å². The van der Waals surface area contributed by atoms with Gasteiger partial charge in [-0.3, -0.25) is 14.4 Å². The molecule has 0 bridgehead atoms. The first-order valence-corrected chi connectivity index (χ1v) is 12.3. The van der Waals surface area contributed by atoms with Crippen molar-refractivity contribution in [1.29, 1.82) is 0 Å². The topological polar surface area (TPSA) is 166 Å². The van der Waals surface area contributed by atoms with Crippen molar-refractivity contribution in [2.45, 2.75) is 70.3 Å². The Morgan fingerprint density at radius 2 is 1.89 bits per heavy atom. The molecular formula is C26H37NO9. The number of esters is 1. The van der Waals surface area contributed by atoms with E-state index in [2.05, 4.69) is 0 Å². The van der Waals surface area contributed by atoms with E-state index in [9.17, 15) is 24.6 Å². The van der Waals surface area contributed by atoms with Gasteiger partial charge in [-0.1, -0.05) is 32.9 Å². The zero-order valence-corrected chi connectivity index (χ0v) is 21.4. The summed E-state index contributed by atoms with van der Waals surface area (Å²) in [5.41, 5.74) is 1.99. The molecule has 10 heteroatoms. The maximum absolute atomic E-state index is 13.2. The number of rotatable bonds is 8. The molecule has 2 fully saturated rings. The number of carboxylic acid groups (broad SMARTS) is 1. The molecule has 0 saturated heterocycles. The van der Waals surface area contributed by atoms with E-state index in [-0.39, 0.29) is 44.2 Å². The highest BCUT2D eigenvalue weighted by atomic mass is 16.7. The Morgan fingerprint density at radius 1 is 1.22 bits per heavy atom. The minimum atomic E-state index is -1.83. The first-order valence-electron chi connectivity index (χ1n) is 12.3. The summed E-state index contributed by atoms with van der Waals surface area (Å²) in [5, 5.41) is 33.0. The fraction of sp³-hybridized carbons (Fsp3) is 0.731. The fourth-order valence-electron chi connectivity index (χ4n) is 7.32. The molecule has 0 radical (unpaired) electrons. The smallest absolute Gasteiger partial charge is 0.322 e. The summed E-state index contributed by atoms with van der Waals surface area (Å²) in [4.78, 5) is 36.1. The molecule has 4 aliphatic carbocycles. The highest BCUT2D eigenvalue weighted by Gasteiger charge is 2.83. The van der Waals surface area contributed by atoms with Gasteiger partial charge in [-0.15, -0.1) is 0 Å². The SMILES string of the molecule is CC(=O)O[C@@]12C[C@@H](C)[C@@]3(O)[C@@H](C=C(COCOC[C@@H](N)C(=O)O)C[C@]4(O)C(=O)C(C)=C[C@@H]34)[C@@H]1C2(C)C. The molecule has 8 atom stereocenters. The van der Waals surface area contributed by atoms with Gasteiger partial charge in [-0.05, 0) is 30.4 Å². The summed E-state index contributed by atoms with van der Waals surface area (Å²) in [6.45, 7) is 8.46. The van der Waals surface area contributed by atoms with Crippen LogP contribution >= 0.6 is 0 Å². The number of nitrogens with two attached hydrogens (primary N) is 1. The number of ether oxygens (including phenoxy) is 3. The number of hydrogen-bond donors (Lipinski definition) is 4. The van der Waals surface area contributed by atoms with Crippen LogP contribution in [0.3, 0.4) is 0 Å². The summed E-state index contributed by atoms with van der Waals surface area (Å²) in [5.74, 6) is -3.94. The van der Waals surface area contributed by atoms with Crippen molar-refractivity contribution in [1.82, 2.24) is 0 Å². The van der Waals surface area contributed by atoms with E-state index in [4.69, 9.17) is 25.1 Å². The Morgan fingerprint density at radius 3 is 2.50 bits per heavy atom. The van der Waals surface area contributed by atoms with Crippen molar-refractivity contribution < 1.29 is 43.9 Å². The first-order chi connectivity index (χ1) is 16.6. The van der Waals surface area contributed by atoms with Crippen molar-refractivity contribution in [3.05, 3.63) is 23.3 Å². The standard InChI is InChI=1S/C26H37NO9/c1-13-6-19-24(32,21(13)29)9-16(10-34-12-35-11-18(27)22(30)31)7-17-20-23(4,5)25(20,36-15(3)28)8-14(2)26(17,19)33/h6-7,14,17-20,32-33H,8-12,27H2,1-5H3,(H,30,31)/t14-,17+,18-,19-,20-,24-,25+,26-/m1/s1. The minimum Gasteiger partial charge on any atom is -0.480 e. The third-order valence-electron chi connectivity index (χ3n) is 9.07. The van der Waals surface area contributed by atoms with Gasteiger partial charge in [0.1, 0.15) is 24.0 Å². The van der Waals surface area contributed by atoms with Crippen LogP contribution in [-0.2, 0) is 28.6 Å². The molecule has 200 valence electrons. The predicted octanol–water partition coefficient (Wildman–Crippen LogP) is 0.940. The van der Waals surface area contributed by atoms with Crippen molar-refractivity contribution in [2.75, 3.05) is 20.0 Å². The van der Waals surface area contributed by atoms with Crippen LogP contribution in [0.2, 0.25) is 0 Å². The quantitative estimate of drug-likeness (QED) is 0.161. The van der Waals surface area contributed by atoms with E-state index >= 15 is 0 Å². The molecular weight excluding hydrogens is 470 g/mol. The Balaban J connectivity index is 1.66. The number of carbonyl (C=O) groups is 3. The summed E-state index contributed by atoms with van der Waals surface area (Å²) < 4.78 is 16.7. The lowest BCUT2D eigenvalue weighted by atomic mass is 9.60. The molecule has 0 unspecified atom stereocenters. The van der Waals surface area contributed by atoms with Crippen LogP contribution in [0.5, 0.6) is 0 Å². The van der Waals surface area contributed by atoms with E-state index in [1.54, 1.807) is 13.0 Å². The molecule has 0 aromatic rings. The largest absolute Gasteiger partial charge is 0.480 e. The second-order valence-electron chi connectivity index (χ2n) is 11.6. The van der Waals surface area contributed by atoms with Crippen LogP contribution in [0.25, 0.3) is 0 Å². The fourth-order valence-corrected chi connectivity index (χ4v) is 7.32. The van der Waals surface area contributed by atoms with E-state index in [0.717, 1.165) is 0 Å². The lowest BCUT2D eigenvalue weighted by Crippen LogP contribution is -2.61. The Labute approximate surface area is 210 Å². The molecule has 10 nitrogen and oxygen atoms in total. The number of aliphatic carboxylic acids is 1. The molecule has 4 rings (SSSR count). The van der Waals surface area contributed by atoms with E-state index in [1.807, 2.05) is 26.8 Å². The van der Waals surface area contributed by atoms with Gasteiger partial charge in [0.25, 0.3) is 0 Å². The zero-order valence-electron chi connectivity index (χ0n) is 21.4. The first kappa shape index (κ1) is 26.9. The Bertz CT molecular complexity index is 1030. The summed E-state index contributed by atoms with van der Waals surface area (Å²) >= 11 is 0. The van der Waals surface area contributed by atoms with E-state index in [0.29, 0.717) is 17.6 Å². The molecule has 5 N–H and O–H groups in total.